The Hall–Kier alpha value is -1.25. The predicted octanol–water partition coefficient (Wildman–Crippen LogP) is 1.16. The van der Waals surface area contributed by atoms with Crippen molar-refractivity contribution in [3.8, 4) is 0 Å². The molecule has 1 N–H and O–H groups in total. The van der Waals surface area contributed by atoms with Crippen molar-refractivity contribution in [2.24, 2.45) is 0 Å². The molecule has 0 saturated carbocycles. The van der Waals surface area contributed by atoms with E-state index in [2.05, 4.69) is 10.3 Å². The summed E-state index contributed by atoms with van der Waals surface area (Å²) in [6.45, 7) is 0. The number of benzene rings is 1. The maximum atomic E-state index is 11.8. The number of para-hydroxylation sites is 1. The first-order valence-corrected chi connectivity index (χ1v) is 9.24. The summed E-state index contributed by atoms with van der Waals surface area (Å²) in [6, 6.07) is 7.62. The van der Waals surface area contributed by atoms with Gasteiger partial charge in [0, 0.05) is 0 Å². The molecule has 1 aromatic heterocycles. The van der Waals surface area contributed by atoms with Crippen molar-refractivity contribution in [2.45, 2.75) is 12.1 Å². The number of anilines is 1. The average molecular weight is 325 g/mol. The molecule has 2 saturated heterocycles. The highest BCUT2D eigenvalue weighted by atomic mass is 32.2. The summed E-state index contributed by atoms with van der Waals surface area (Å²) in [5, 5.41) is 4.46. The molecular formula is C12H11N3O2S3. The number of aromatic nitrogens is 1. The lowest BCUT2D eigenvalue weighted by atomic mass is 10.2. The number of hydrogen-bond donors (Lipinski definition) is 1. The van der Waals surface area contributed by atoms with Crippen LogP contribution in [0.15, 0.2) is 24.3 Å². The van der Waals surface area contributed by atoms with E-state index < -0.39 is 9.84 Å². The Morgan fingerprint density at radius 2 is 2.15 bits per heavy atom. The molecule has 0 radical (unpaired) electrons. The lowest BCUT2D eigenvalue weighted by Gasteiger charge is -2.19. The molecule has 2 aromatic rings. The molecule has 1 aromatic carbocycles. The standard InChI is InChI=1S/C12H11N3O2S3/c16-20(17)5-8-9(6-20)15(11(18)13-8)12-14-7-3-1-2-4-10(7)19-12/h1-4,8-9H,5-6H2,(H,13,18)/t8-,9+/m0/s1. The van der Waals surface area contributed by atoms with E-state index in [0.717, 1.165) is 15.3 Å². The molecular weight excluding hydrogens is 314 g/mol. The van der Waals surface area contributed by atoms with Crippen molar-refractivity contribution < 1.29 is 8.42 Å². The Morgan fingerprint density at radius 3 is 2.95 bits per heavy atom. The van der Waals surface area contributed by atoms with Crippen LogP contribution in [0, 0.1) is 0 Å². The first kappa shape index (κ1) is 12.5. The van der Waals surface area contributed by atoms with E-state index >= 15 is 0 Å². The molecule has 0 unspecified atom stereocenters. The molecule has 4 rings (SSSR count). The van der Waals surface area contributed by atoms with E-state index in [1.165, 1.54) is 11.3 Å². The van der Waals surface area contributed by atoms with E-state index in [1.54, 1.807) is 0 Å². The third-order valence-electron chi connectivity index (χ3n) is 3.67. The largest absolute Gasteiger partial charge is 0.356 e. The van der Waals surface area contributed by atoms with Gasteiger partial charge < -0.3 is 5.32 Å². The van der Waals surface area contributed by atoms with Crippen LogP contribution in [0.2, 0.25) is 0 Å². The number of sulfone groups is 1. The average Bonchev–Trinajstić information content (AvgIpc) is 2.97. The van der Waals surface area contributed by atoms with Gasteiger partial charge in [0.25, 0.3) is 0 Å². The van der Waals surface area contributed by atoms with Crippen LogP contribution in [-0.2, 0) is 9.84 Å². The molecule has 2 aliphatic heterocycles. The lowest BCUT2D eigenvalue weighted by Crippen LogP contribution is -2.36. The molecule has 2 fully saturated rings. The van der Waals surface area contributed by atoms with Gasteiger partial charge in [0.2, 0.25) is 0 Å². The van der Waals surface area contributed by atoms with Crippen molar-refractivity contribution in [3.05, 3.63) is 24.3 Å². The molecule has 0 amide bonds. The molecule has 8 heteroatoms. The van der Waals surface area contributed by atoms with E-state index in [-0.39, 0.29) is 23.6 Å². The molecule has 0 aliphatic carbocycles. The molecule has 0 bridgehead atoms. The van der Waals surface area contributed by atoms with Gasteiger partial charge in [-0.3, -0.25) is 4.90 Å². The van der Waals surface area contributed by atoms with Crippen LogP contribution in [0.25, 0.3) is 10.2 Å². The number of hydrogen-bond acceptors (Lipinski definition) is 5. The SMILES string of the molecule is O=S1(=O)C[C@@H]2NC(=S)N(c3nc4ccccc4s3)[C@@H]2C1. The van der Waals surface area contributed by atoms with Crippen LogP contribution in [0.1, 0.15) is 0 Å². The number of nitrogens with zero attached hydrogens (tertiary/aromatic N) is 2. The minimum atomic E-state index is -2.99. The first-order valence-electron chi connectivity index (χ1n) is 6.19. The van der Waals surface area contributed by atoms with Gasteiger partial charge in [-0.2, -0.15) is 0 Å². The Morgan fingerprint density at radius 1 is 1.35 bits per heavy atom. The number of thiocarbonyl (C=S) groups is 1. The first-order chi connectivity index (χ1) is 9.53. The monoisotopic (exact) mass is 325 g/mol. The number of nitrogens with one attached hydrogen (secondary N) is 1. The number of rotatable bonds is 1. The van der Waals surface area contributed by atoms with Gasteiger partial charge in [0.1, 0.15) is 0 Å². The van der Waals surface area contributed by atoms with Crippen LogP contribution in [-0.4, -0.2) is 42.1 Å². The minimum Gasteiger partial charge on any atom is -0.356 e. The summed E-state index contributed by atoms with van der Waals surface area (Å²) < 4.78 is 24.6. The maximum absolute atomic E-state index is 11.8. The zero-order chi connectivity index (χ0) is 13.9. The third-order valence-corrected chi connectivity index (χ3v) is 6.74. The highest BCUT2D eigenvalue weighted by Gasteiger charge is 2.48. The fraction of sp³-hybridized carbons (Fsp3) is 0.333. The van der Waals surface area contributed by atoms with Crippen LogP contribution in [0.5, 0.6) is 0 Å². The third kappa shape index (κ3) is 1.82. The molecule has 2 atom stereocenters. The topological polar surface area (TPSA) is 62.3 Å². The van der Waals surface area contributed by atoms with Crippen LogP contribution in [0.3, 0.4) is 0 Å². The van der Waals surface area contributed by atoms with E-state index in [1.807, 2.05) is 29.2 Å². The second kappa shape index (κ2) is 4.12. The van der Waals surface area contributed by atoms with Crippen molar-refractivity contribution >= 4 is 53.9 Å². The van der Waals surface area contributed by atoms with Crippen LogP contribution in [0.4, 0.5) is 5.13 Å². The highest BCUT2D eigenvalue weighted by molar-refractivity contribution is 7.91. The molecule has 3 heterocycles. The Labute approximate surface area is 125 Å². The van der Waals surface area contributed by atoms with Crippen molar-refractivity contribution in [1.82, 2.24) is 10.3 Å². The molecule has 104 valence electrons. The zero-order valence-electron chi connectivity index (χ0n) is 10.3. The van der Waals surface area contributed by atoms with Gasteiger partial charge >= 0.3 is 0 Å². The van der Waals surface area contributed by atoms with Crippen molar-refractivity contribution in [1.29, 1.82) is 0 Å². The molecule has 0 spiro atoms. The molecule has 2 aliphatic rings. The lowest BCUT2D eigenvalue weighted by molar-refractivity contribution is 0.600. The van der Waals surface area contributed by atoms with Gasteiger partial charge in [-0.15, -0.1) is 0 Å². The summed E-state index contributed by atoms with van der Waals surface area (Å²) in [4.78, 5) is 6.45. The Balaban J connectivity index is 1.78. The van der Waals surface area contributed by atoms with E-state index in [4.69, 9.17) is 12.2 Å². The smallest absolute Gasteiger partial charge is 0.193 e. The van der Waals surface area contributed by atoms with Crippen LogP contribution >= 0.6 is 23.6 Å². The van der Waals surface area contributed by atoms with Gasteiger partial charge in [-0.1, -0.05) is 23.5 Å². The number of thiazole rings is 1. The van der Waals surface area contributed by atoms with Gasteiger partial charge in [0.15, 0.2) is 20.1 Å². The van der Waals surface area contributed by atoms with Gasteiger partial charge in [-0.25, -0.2) is 13.4 Å². The summed E-state index contributed by atoms with van der Waals surface area (Å²) in [7, 11) is -2.99. The normalized spacial score (nSPS) is 27.8. The quantitative estimate of drug-likeness (QED) is 0.794. The van der Waals surface area contributed by atoms with E-state index in [9.17, 15) is 8.42 Å². The Kier molecular flexibility index (Phi) is 2.57. The van der Waals surface area contributed by atoms with Crippen molar-refractivity contribution in [2.75, 3.05) is 16.4 Å². The predicted molar refractivity (Wildman–Crippen MR) is 84.1 cm³/mol. The summed E-state index contributed by atoms with van der Waals surface area (Å²) in [6.07, 6.45) is 0. The highest BCUT2D eigenvalue weighted by Crippen LogP contribution is 2.34. The second-order valence-corrected chi connectivity index (χ2v) is 8.58. The van der Waals surface area contributed by atoms with Gasteiger partial charge in [-0.05, 0) is 24.4 Å². The van der Waals surface area contributed by atoms with Gasteiger partial charge in [0.05, 0.1) is 33.8 Å². The summed E-state index contributed by atoms with van der Waals surface area (Å²) >= 11 is 6.88. The minimum absolute atomic E-state index is 0.112. The van der Waals surface area contributed by atoms with Crippen molar-refractivity contribution in [3.63, 3.8) is 0 Å². The fourth-order valence-electron chi connectivity index (χ4n) is 2.79. The maximum Gasteiger partial charge on any atom is 0.193 e. The Bertz CT molecular complexity index is 781. The molecule has 5 nitrogen and oxygen atoms in total. The summed E-state index contributed by atoms with van der Waals surface area (Å²) in [5.41, 5.74) is 0.916. The van der Waals surface area contributed by atoms with Crippen LogP contribution < -0.4 is 10.2 Å². The fourth-order valence-corrected chi connectivity index (χ4v) is 6.14. The van der Waals surface area contributed by atoms with E-state index in [0.29, 0.717) is 5.11 Å². The molecule has 20 heavy (non-hydrogen) atoms. The second-order valence-electron chi connectivity index (χ2n) is 5.03. The zero-order valence-corrected chi connectivity index (χ0v) is 12.8. The number of fused-ring (bicyclic) bond motifs is 2. The summed E-state index contributed by atoms with van der Waals surface area (Å²) in [5.74, 6) is 0.292.